The molecule has 1 amide bonds. The van der Waals surface area contributed by atoms with Crippen molar-refractivity contribution < 1.29 is 4.79 Å². The molecule has 3 aromatic rings. The van der Waals surface area contributed by atoms with Crippen molar-refractivity contribution in [2.24, 2.45) is 7.05 Å². The number of nitrogen functional groups attached to an aromatic ring is 1. The monoisotopic (exact) mass is 388 g/mol. The number of likely N-dealkylation sites (N-methyl/N-ethyl adjacent to an activating group) is 1. The third kappa shape index (κ3) is 3.84. The Morgan fingerprint density at radius 2 is 2.08 bits per heavy atom. The molecule has 0 unspecified atom stereocenters. The summed E-state index contributed by atoms with van der Waals surface area (Å²) < 4.78 is 1.99. The number of nitrogens with zero attached hydrogens (tertiary/aromatic N) is 3. The number of halogens is 2. The SMILES string of the molecule is CN(Cc1cc2c(Cl)cc(Cl)cc2n1C)C(=O)C=Cc1ccc(N)nc1. The first kappa shape index (κ1) is 18.3. The highest BCUT2D eigenvalue weighted by Gasteiger charge is 2.13. The summed E-state index contributed by atoms with van der Waals surface area (Å²) in [6, 6.07) is 9.06. The number of anilines is 1. The Labute approximate surface area is 161 Å². The summed E-state index contributed by atoms with van der Waals surface area (Å²) in [5.74, 6) is 0.330. The number of hydrogen-bond donors (Lipinski definition) is 1. The van der Waals surface area contributed by atoms with E-state index in [4.69, 9.17) is 28.9 Å². The Kier molecular flexibility index (Phi) is 5.20. The quantitative estimate of drug-likeness (QED) is 0.683. The van der Waals surface area contributed by atoms with Crippen LogP contribution in [0.3, 0.4) is 0 Å². The summed E-state index contributed by atoms with van der Waals surface area (Å²) in [5, 5.41) is 2.09. The Hall–Kier alpha value is -2.50. The zero-order chi connectivity index (χ0) is 18.8. The molecule has 5 nitrogen and oxygen atoms in total. The third-order valence-electron chi connectivity index (χ3n) is 4.18. The molecule has 1 aromatic carbocycles. The van der Waals surface area contributed by atoms with Gasteiger partial charge >= 0.3 is 0 Å². The first-order valence-corrected chi connectivity index (χ1v) is 8.69. The molecule has 0 fully saturated rings. The van der Waals surface area contributed by atoms with Crippen molar-refractivity contribution in [2.45, 2.75) is 6.54 Å². The molecule has 0 aliphatic heterocycles. The molecule has 7 heteroatoms. The van der Waals surface area contributed by atoms with Crippen molar-refractivity contribution in [1.29, 1.82) is 0 Å². The Balaban J connectivity index is 1.77. The normalized spacial score (nSPS) is 11.4. The maximum Gasteiger partial charge on any atom is 0.246 e. The van der Waals surface area contributed by atoms with Crippen LogP contribution in [0.4, 0.5) is 5.82 Å². The Bertz CT molecular complexity index is 993. The van der Waals surface area contributed by atoms with Gasteiger partial charge in [-0.2, -0.15) is 0 Å². The summed E-state index contributed by atoms with van der Waals surface area (Å²) in [5.41, 5.74) is 8.26. The van der Waals surface area contributed by atoms with Gasteiger partial charge in [-0.1, -0.05) is 23.2 Å². The minimum atomic E-state index is -0.115. The predicted octanol–water partition coefficient (Wildman–Crippen LogP) is 4.13. The molecule has 0 aliphatic rings. The zero-order valence-corrected chi connectivity index (χ0v) is 15.9. The van der Waals surface area contributed by atoms with Crippen molar-refractivity contribution in [3.8, 4) is 0 Å². The van der Waals surface area contributed by atoms with Crippen LogP contribution in [0.5, 0.6) is 0 Å². The fourth-order valence-electron chi connectivity index (χ4n) is 2.69. The summed E-state index contributed by atoms with van der Waals surface area (Å²) in [6.45, 7) is 0.447. The first-order valence-electron chi connectivity index (χ1n) is 7.93. The molecule has 0 aliphatic carbocycles. The van der Waals surface area contributed by atoms with Crippen molar-refractivity contribution >= 4 is 51.9 Å². The highest BCUT2D eigenvalue weighted by molar-refractivity contribution is 6.38. The second-order valence-electron chi connectivity index (χ2n) is 6.06. The maximum absolute atomic E-state index is 12.4. The summed E-state index contributed by atoms with van der Waals surface area (Å²) in [7, 11) is 3.68. The van der Waals surface area contributed by atoms with Gasteiger partial charge in [0.2, 0.25) is 5.91 Å². The maximum atomic E-state index is 12.4. The average Bonchev–Trinajstić information content (AvgIpc) is 2.91. The summed E-state index contributed by atoms with van der Waals surface area (Å²) in [6.07, 6.45) is 4.85. The molecule has 26 heavy (non-hydrogen) atoms. The standard InChI is InChI=1S/C19H18Cl2N4O/c1-24(19(26)6-4-12-3-5-18(22)23-10-12)11-14-9-15-16(21)7-13(20)8-17(15)25(14)2/h3-10H,11H2,1-2H3,(H2,22,23). The lowest BCUT2D eigenvalue weighted by Gasteiger charge is -2.15. The number of aryl methyl sites for hydroxylation is 1. The van der Waals surface area contributed by atoms with E-state index in [-0.39, 0.29) is 5.91 Å². The van der Waals surface area contributed by atoms with Gasteiger partial charge in [0, 0.05) is 42.5 Å². The molecule has 0 saturated heterocycles. The molecule has 0 bridgehead atoms. The van der Waals surface area contributed by atoms with Gasteiger partial charge in [-0.15, -0.1) is 0 Å². The van der Waals surface area contributed by atoms with Crippen molar-refractivity contribution in [2.75, 3.05) is 12.8 Å². The largest absolute Gasteiger partial charge is 0.384 e. The molecule has 0 saturated carbocycles. The third-order valence-corrected chi connectivity index (χ3v) is 4.71. The average molecular weight is 389 g/mol. The van der Waals surface area contributed by atoms with Crippen LogP contribution in [-0.2, 0) is 18.4 Å². The second kappa shape index (κ2) is 7.40. The number of benzene rings is 1. The van der Waals surface area contributed by atoms with Crippen LogP contribution >= 0.6 is 23.2 Å². The van der Waals surface area contributed by atoms with Gasteiger partial charge in [0.1, 0.15) is 5.82 Å². The summed E-state index contributed by atoms with van der Waals surface area (Å²) >= 11 is 12.4. The number of carbonyl (C=O) groups excluding carboxylic acids is 1. The van der Waals surface area contributed by atoms with Gasteiger partial charge in [-0.3, -0.25) is 4.79 Å². The highest BCUT2D eigenvalue weighted by atomic mass is 35.5. The molecule has 2 N–H and O–H groups in total. The Morgan fingerprint density at radius 1 is 1.31 bits per heavy atom. The van der Waals surface area contributed by atoms with Crippen LogP contribution in [0.2, 0.25) is 10.0 Å². The number of fused-ring (bicyclic) bond motifs is 1. The molecule has 2 heterocycles. The molecular weight excluding hydrogens is 371 g/mol. The fourth-order valence-corrected chi connectivity index (χ4v) is 3.23. The predicted molar refractivity (Wildman–Crippen MR) is 107 cm³/mol. The van der Waals surface area contributed by atoms with E-state index < -0.39 is 0 Å². The van der Waals surface area contributed by atoms with Crippen LogP contribution in [0.1, 0.15) is 11.3 Å². The van der Waals surface area contributed by atoms with Gasteiger partial charge in [0.15, 0.2) is 0 Å². The van der Waals surface area contributed by atoms with E-state index in [0.717, 1.165) is 22.2 Å². The van der Waals surface area contributed by atoms with Crippen LogP contribution in [-0.4, -0.2) is 27.4 Å². The molecule has 0 atom stereocenters. The second-order valence-corrected chi connectivity index (χ2v) is 6.90. The van der Waals surface area contributed by atoms with Crippen molar-refractivity contribution in [3.05, 3.63) is 63.9 Å². The smallest absolute Gasteiger partial charge is 0.246 e. The van der Waals surface area contributed by atoms with Crippen LogP contribution in [0.15, 0.2) is 42.6 Å². The molecule has 2 aromatic heterocycles. The summed E-state index contributed by atoms with van der Waals surface area (Å²) in [4.78, 5) is 18.0. The van der Waals surface area contributed by atoms with E-state index in [1.54, 1.807) is 36.4 Å². The van der Waals surface area contributed by atoms with Crippen molar-refractivity contribution in [3.63, 3.8) is 0 Å². The van der Waals surface area contributed by atoms with E-state index in [2.05, 4.69) is 4.98 Å². The topological polar surface area (TPSA) is 64.2 Å². The molecule has 134 valence electrons. The Morgan fingerprint density at radius 3 is 2.77 bits per heavy atom. The first-order chi connectivity index (χ1) is 12.3. The van der Waals surface area contributed by atoms with Gasteiger partial charge in [-0.25, -0.2) is 4.98 Å². The van der Waals surface area contributed by atoms with Crippen LogP contribution < -0.4 is 5.73 Å². The molecule has 0 spiro atoms. The van der Waals surface area contributed by atoms with E-state index in [1.165, 1.54) is 6.08 Å². The lowest BCUT2D eigenvalue weighted by molar-refractivity contribution is -0.125. The van der Waals surface area contributed by atoms with E-state index in [0.29, 0.717) is 22.4 Å². The van der Waals surface area contributed by atoms with E-state index >= 15 is 0 Å². The van der Waals surface area contributed by atoms with Crippen molar-refractivity contribution in [1.82, 2.24) is 14.5 Å². The fraction of sp³-hybridized carbons (Fsp3) is 0.158. The van der Waals surface area contributed by atoms with Gasteiger partial charge in [-0.05, 0) is 42.0 Å². The molecular formula is C19H18Cl2N4O. The number of carbonyl (C=O) groups is 1. The van der Waals surface area contributed by atoms with Gasteiger partial charge < -0.3 is 15.2 Å². The van der Waals surface area contributed by atoms with Crippen LogP contribution in [0, 0.1) is 0 Å². The van der Waals surface area contributed by atoms with E-state index in [9.17, 15) is 4.79 Å². The number of rotatable bonds is 4. The van der Waals surface area contributed by atoms with Crippen LogP contribution in [0.25, 0.3) is 17.0 Å². The minimum Gasteiger partial charge on any atom is -0.384 e. The minimum absolute atomic E-state index is 0.115. The number of amides is 1. The lowest BCUT2D eigenvalue weighted by atomic mass is 10.2. The lowest BCUT2D eigenvalue weighted by Crippen LogP contribution is -2.25. The highest BCUT2D eigenvalue weighted by Crippen LogP contribution is 2.30. The number of nitrogens with two attached hydrogens (primary N) is 1. The van der Waals surface area contributed by atoms with Gasteiger partial charge in [0.05, 0.1) is 17.1 Å². The number of pyridine rings is 1. The number of aromatic nitrogens is 2. The zero-order valence-electron chi connectivity index (χ0n) is 14.4. The van der Waals surface area contributed by atoms with Gasteiger partial charge in [0.25, 0.3) is 0 Å². The van der Waals surface area contributed by atoms with E-state index in [1.807, 2.05) is 29.8 Å². The molecule has 3 rings (SSSR count). The molecule has 0 radical (unpaired) electrons. The number of hydrogen-bond acceptors (Lipinski definition) is 3.